The lowest BCUT2D eigenvalue weighted by Crippen LogP contribution is -2.19. The van der Waals surface area contributed by atoms with Crippen LogP contribution in [-0.2, 0) is 16.0 Å². The molecule has 10 heteroatoms. The van der Waals surface area contributed by atoms with E-state index < -0.39 is 28.8 Å². The lowest BCUT2D eigenvalue weighted by molar-refractivity contribution is -0.389. The van der Waals surface area contributed by atoms with Gasteiger partial charge in [0, 0.05) is 11.8 Å². The van der Waals surface area contributed by atoms with Crippen molar-refractivity contribution in [2.45, 2.75) is 19.7 Å². The van der Waals surface area contributed by atoms with E-state index in [4.69, 9.17) is 0 Å². The number of hydrogen-bond donors (Lipinski definition) is 0. The van der Waals surface area contributed by atoms with Crippen molar-refractivity contribution in [3.05, 3.63) is 27.4 Å². The number of halogens is 3. The van der Waals surface area contributed by atoms with Crippen molar-refractivity contribution in [2.75, 3.05) is 7.11 Å². The van der Waals surface area contributed by atoms with Crippen LogP contribution in [0.4, 0.5) is 18.9 Å². The summed E-state index contributed by atoms with van der Waals surface area (Å²) in [7, 11) is 1.11. The fourth-order valence-corrected chi connectivity index (χ4v) is 1.41. The average molecular weight is 294 g/mol. The van der Waals surface area contributed by atoms with Crippen molar-refractivity contribution < 1.29 is 32.4 Å². The quantitative estimate of drug-likeness (QED) is 0.478. The van der Waals surface area contributed by atoms with Gasteiger partial charge in [-0.25, -0.2) is 4.98 Å². The second-order valence-corrected chi connectivity index (χ2v) is 3.62. The number of carbonyl (C=O) groups is 1. The van der Waals surface area contributed by atoms with Crippen molar-refractivity contribution in [3.8, 4) is 5.88 Å². The fourth-order valence-electron chi connectivity index (χ4n) is 1.41. The predicted octanol–water partition coefficient (Wildman–Crippen LogP) is 1.91. The molecule has 110 valence electrons. The standard InChI is InChI=1S/C10H9F3N2O5/c1-5-6(3-7(16)19-2)4-14-9(8(5)15(17)18)20-10(11,12)13/h4H,3H2,1-2H3. The maximum atomic E-state index is 12.1. The van der Waals surface area contributed by atoms with E-state index in [0.29, 0.717) is 0 Å². The molecule has 0 radical (unpaired) electrons. The largest absolute Gasteiger partial charge is 0.574 e. The van der Waals surface area contributed by atoms with Crippen LogP contribution < -0.4 is 4.74 Å². The third-order valence-corrected chi connectivity index (χ3v) is 2.33. The zero-order valence-electron chi connectivity index (χ0n) is 10.4. The first kappa shape index (κ1) is 15.7. The number of aromatic nitrogens is 1. The minimum absolute atomic E-state index is 0.0816. The van der Waals surface area contributed by atoms with E-state index in [9.17, 15) is 28.1 Å². The van der Waals surface area contributed by atoms with Gasteiger partial charge < -0.3 is 9.47 Å². The molecule has 1 aromatic rings. The molecule has 0 aliphatic rings. The van der Waals surface area contributed by atoms with Crippen molar-refractivity contribution in [1.82, 2.24) is 4.98 Å². The molecule has 0 N–H and O–H groups in total. The van der Waals surface area contributed by atoms with Crippen LogP contribution in [0.5, 0.6) is 5.88 Å². The van der Waals surface area contributed by atoms with Gasteiger partial charge in [0.15, 0.2) is 0 Å². The third kappa shape index (κ3) is 3.80. The van der Waals surface area contributed by atoms with Gasteiger partial charge in [0.25, 0.3) is 0 Å². The second-order valence-electron chi connectivity index (χ2n) is 3.62. The summed E-state index contributed by atoms with van der Waals surface area (Å²) in [6.07, 6.45) is -4.54. The molecular formula is C10H9F3N2O5. The molecule has 0 bridgehead atoms. The van der Waals surface area contributed by atoms with Crippen LogP contribution in [0.15, 0.2) is 6.20 Å². The number of ether oxygens (including phenoxy) is 2. The smallest absolute Gasteiger partial charge is 0.469 e. The lowest BCUT2D eigenvalue weighted by atomic mass is 10.1. The normalized spacial score (nSPS) is 11.1. The van der Waals surface area contributed by atoms with Gasteiger partial charge in [-0.15, -0.1) is 13.2 Å². The van der Waals surface area contributed by atoms with Gasteiger partial charge in [0.05, 0.1) is 18.5 Å². The van der Waals surface area contributed by atoms with Crippen LogP contribution in [0.1, 0.15) is 11.1 Å². The van der Waals surface area contributed by atoms with Crippen LogP contribution in [0.2, 0.25) is 0 Å². The van der Waals surface area contributed by atoms with Crippen LogP contribution in [0.3, 0.4) is 0 Å². The van der Waals surface area contributed by atoms with E-state index in [1.165, 1.54) is 6.92 Å². The van der Waals surface area contributed by atoms with E-state index in [0.717, 1.165) is 13.3 Å². The van der Waals surface area contributed by atoms with Crippen LogP contribution in [-0.4, -0.2) is 29.3 Å². The van der Waals surface area contributed by atoms with Crippen molar-refractivity contribution in [2.24, 2.45) is 0 Å². The monoisotopic (exact) mass is 294 g/mol. The number of hydrogen-bond acceptors (Lipinski definition) is 6. The molecule has 1 rings (SSSR count). The summed E-state index contributed by atoms with van der Waals surface area (Å²) in [6, 6.07) is 0. The molecule has 0 saturated heterocycles. The third-order valence-electron chi connectivity index (χ3n) is 2.33. The van der Waals surface area contributed by atoms with E-state index >= 15 is 0 Å². The number of pyridine rings is 1. The highest BCUT2D eigenvalue weighted by Gasteiger charge is 2.36. The highest BCUT2D eigenvalue weighted by atomic mass is 19.4. The Morgan fingerprint density at radius 3 is 2.55 bits per heavy atom. The molecule has 0 fully saturated rings. The molecule has 0 aliphatic carbocycles. The highest BCUT2D eigenvalue weighted by Crippen LogP contribution is 2.34. The summed E-state index contributed by atoms with van der Waals surface area (Å²) in [5, 5.41) is 10.8. The molecule has 0 aromatic carbocycles. The van der Waals surface area contributed by atoms with Gasteiger partial charge >= 0.3 is 23.9 Å². The number of nitro groups is 1. The van der Waals surface area contributed by atoms with Gasteiger partial charge in [0.2, 0.25) is 0 Å². The Morgan fingerprint density at radius 2 is 2.10 bits per heavy atom. The molecule has 1 heterocycles. The zero-order valence-corrected chi connectivity index (χ0v) is 10.4. The number of esters is 1. The number of rotatable bonds is 4. The first-order valence-corrected chi connectivity index (χ1v) is 5.11. The second kappa shape index (κ2) is 5.72. The minimum Gasteiger partial charge on any atom is -0.469 e. The Labute approximate surface area is 110 Å². The van der Waals surface area contributed by atoms with Crippen molar-refractivity contribution >= 4 is 11.7 Å². The molecule has 0 saturated carbocycles. The molecule has 0 atom stereocenters. The van der Waals surface area contributed by atoms with Crippen LogP contribution in [0, 0.1) is 17.0 Å². The summed E-state index contributed by atoms with van der Waals surface area (Å²) in [4.78, 5) is 24.1. The molecule has 20 heavy (non-hydrogen) atoms. The highest BCUT2D eigenvalue weighted by molar-refractivity contribution is 5.73. The minimum atomic E-state index is -5.10. The molecule has 1 aromatic heterocycles. The molecule has 7 nitrogen and oxygen atoms in total. The van der Waals surface area contributed by atoms with Gasteiger partial charge in [0.1, 0.15) is 0 Å². The maximum absolute atomic E-state index is 12.1. The number of alkyl halides is 3. The summed E-state index contributed by atoms with van der Waals surface area (Å²) < 4.78 is 44.2. The van der Waals surface area contributed by atoms with E-state index in [1.54, 1.807) is 0 Å². The first-order valence-electron chi connectivity index (χ1n) is 5.11. The van der Waals surface area contributed by atoms with Gasteiger partial charge in [-0.2, -0.15) is 0 Å². The van der Waals surface area contributed by atoms with Gasteiger partial charge in [-0.05, 0) is 12.5 Å². The molecule has 0 amide bonds. The summed E-state index contributed by atoms with van der Waals surface area (Å²) >= 11 is 0. The maximum Gasteiger partial charge on any atom is 0.574 e. The molecule has 0 spiro atoms. The van der Waals surface area contributed by atoms with Crippen molar-refractivity contribution in [3.63, 3.8) is 0 Å². The van der Waals surface area contributed by atoms with Crippen LogP contribution in [0.25, 0.3) is 0 Å². The van der Waals surface area contributed by atoms with Crippen LogP contribution >= 0.6 is 0 Å². The summed E-state index contributed by atoms with van der Waals surface area (Å²) in [6.45, 7) is 1.20. The van der Waals surface area contributed by atoms with Gasteiger partial charge in [-0.1, -0.05) is 0 Å². The predicted molar refractivity (Wildman–Crippen MR) is 58.0 cm³/mol. The number of carbonyl (C=O) groups excluding carboxylic acids is 1. The average Bonchev–Trinajstić information content (AvgIpc) is 2.30. The number of nitrogens with zero attached hydrogens (tertiary/aromatic N) is 2. The SMILES string of the molecule is COC(=O)Cc1cnc(OC(F)(F)F)c([N+](=O)[O-])c1C. The Kier molecular flexibility index (Phi) is 4.48. The molecule has 0 aliphatic heterocycles. The van der Waals surface area contributed by atoms with E-state index in [-0.39, 0.29) is 17.5 Å². The first-order chi connectivity index (χ1) is 9.15. The number of methoxy groups -OCH3 is 1. The Bertz CT molecular complexity index is 544. The van der Waals surface area contributed by atoms with E-state index in [2.05, 4.69) is 14.5 Å². The Balaban J connectivity index is 3.27. The van der Waals surface area contributed by atoms with E-state index in [1.807, 2.05) is 0 Å². The van der Waals surface area contributed by atoms with Gasteiger partial charge in [-0.3, -0.25) is 14.9 Å². The fraction of sp³-hybridized carbons (Fsp3) is 0.400. The Hall–Kier alpha value is -2.39. The summed E-state index contributed by atoms with van der Waals surface area (Å²) in [5.41, 5.74) is -1.00. The lowest BCUT2D eigenvalue weighted by Gasteiger charge is -2.11. The Morgan fingerprint density at radius 1 is 1.50 bits per heavy atom. The van der Waals surface area contributed by atoms with Crippen molar-refractivity contribution in [1.29, 1.82) is 0 Å². The summed E-state index contributed by atoms with van der Waals surface area (Å²) in [5.74, 6) is -1.87. The zero-order chi connectivity index (χ0) is 15.5. The topological polar surface area (TPSA) is 91.6 Å². The molecular weight excluding hydrogens is 285 g/mol. The molecule has 0 unspecified atom stereocenters.